The van der Waals surface area contributed by atoms with Gasteiger partial charge in [-0.2, -0.15) is 0 Å². The van der Waals surface area contributed by atoms with Gasteiger partial charge in [-0.3, -0.25) is 0 Å². The van der Waals surface area contributed by atoms with Crippen molar-refractivity contribution >= 4 is 0 Å². The molecule has 2 N–H and O–H groups in total. The van der Waals surface area contributed by atoms with Crippen LogP contribution < -0.4 is 15.2 Å². The van der Waals surface area contributed by atoms with Crippen LogP contribution in [0.3, 0.4) is 0 Å². The quantitative estimate of drug-likeness (QED) is 0.761. The van der Waals surface area contributed by atoms with Gasteiger partial charge in [0.1, 0.15) is 11.5 Å². The van der Waals surface area contributed by atoms with E-state index in [1.807, 2.05) is 12.1 Å². The topological polar surface area (TPSA) is 44.5 Å². The zero-order valence-corrected chi connectivity index (χ0v) is 9.75. The van der Waals surface area contributed by atoms with E-state index in [1.54, 1.807) is 14.2 Å². The van der Waals surface area contributed by atoms with E-state index in [2.05, 4.69) is 5.92 Å². The van der Waals surface area contributed by atoms with Gasteiger partial charge in [0.25, 0.3) is 0 Å². The molecule has 0 unspecified atom stereocenters. The summed E-state index contributed by atoms with van der Waals surface area (Å²) in [7, 11) is 3.27. The Bertz CT molecular complexity index is 393. The molecule has 3 nitrogen and oxygen atoms in total. The van der Waals surface area contributed by atoms with Crippen molar-refractivity contribution in [1.29, 1.82) is 0 Å². The molecular formula is C13H17NO2. The summed E-state index contributed by atoms with van der Waals surface area (Å²) in [5.74, 6) is 4.21. The van der Waals surface area contributed by atoms with E-state index in [1.165, 1.54) is 0 Å². The van der Waals surface area contributed by atoms with E-state index in [4.69, 9.17) is 21.6 Å². The van der Waals surface area contributed by atoms with E-state index >= 15 is 0 Å². The van der Waals surface area contributed by atoms with Crippen LogP contribution in [-0.4, -0.2) is 20.8 Å². The van der Waals surface area contributed by atoms with Gasteiger partial charge in [-0.1, -0.05) is 0 Å². The average molecular weight is 219 g/mol. The zero-order valence-electron chi connectivity index (χ0n) is 9.75. The monoisotopic (exact) mass is 219 g/mol. The minimum atomic E-state index is 0.530. The lowest BCUT2D eigenvalue weighted by molar-refractivity contribution is 0.396. The molecule has 0 fully saturated rings. The minimum absolute atomic E-state index is 0.530. The Hall–Kier alpha value is -1.66. The number of ether oxygens (including phenoxy) is 2. The van der Waals surface area contributed by atoms with Crippen molar-refractivity contribution in [2.45, 2.75) is 12.8 Å². The summed E-state index contributed by atoms with van der Waals surface area (Å²) in [6.07, 6.45) is 6.60. The van der Waals surface area contributed by atoms with Crippen LogP contribution in [0, 0.1) is 12.3 Å². The van der Waals surface area contributed by atoms with Gasteiger partial charge in [0.05, 0.1) is 14.2 Å². The maximum atomic E-state index is 5.54. The number of rotatable bonds is 5. The molecule has 0 bridgehead atoms. The molecule has 0 aliphatic heterocycles. The molecule has 0 heterocycles. The summed E-state index contributed by atoms with van der Waals surface area (Å²) in [5, 5.41) is 0. The molecule has 0 saturated carbocycles. The molecule has 0 spiro atoms. The second-order valence-corrected chi connectivity index (χ2v) is 3.40. The van der Waals surface area contributed by atoms with Crippen molar-refractivity contribution in [2.24, 2.45) is 5.73 Å². The van der Waals surface area contributed by atoms with Crippen LogP contribution in [0.4, 0.5) is 0 Å². The molecule has 0 atom stereocenters. The van der Waals surface area contributed by atoms with Crippen LogP contribution >= 0.6 is 0 Å². The second-order valence-electron chi connectivity index (χ2n) is 3.40. The lowest BCUT2D eigenvalue weighted by Crippen LogP contribution is -2.05. The second kappa shape index (κ2) is 6.04. The third-order valence-corrected chi connectivity index (χ3v) is 2.39. The number of terminal acetylenes is 1. The number of benzene rings is 1. The normalized spacial score (nSPS) is 9.62. The van der Waals surface area contributed by atoms with Crippen LogP contribution in [0.15, 0.2) is 12.1 Å². The maximum absolute atomic E-state index is 5.54. The SMILES string of the molecule is C#CCc1cc(OC)c(CCN)cc1OC. The highest BCUT2D eigenvalue weighted by Crippen LogP contribution is 2.29. The van der Waals surface area contributed by atoms with E-state index in [0.717, 1.165) is 29.0 Å². The average Bonchev–Trinajstić information content (AvgIpc) is 2.31. The van der Waals surface area contributed by atoms with Gasteiger partial charge < -0.3 is 15.2 Å². The van der Waals surface area contributed by atoms with E-state index in [0.29, 0.717) is 13.0 Å². The molecule has 3 heteroatoms. The number of methoxy groups -OCH3 is 2. The first kappa shape index (κ1) is 12.4. The minimum Gasteiger partial charge on any atom is -0.496 e. The molecule has 1 aromatic carbocycles. The fourth-order valence-electron chi connectivity index (χ4n) is 1.62. The predicted molar refractivity (Wildman–Crippen MR) is 64.8 cm³/mol. The Balaban J connectivity index is 3.18. The molecule has 1 aromatic rings. The molecule has 0 amide bonds. The predicted octanol–water partition coefficient (Wildman–Crippen LogP) is 1.38. The molecule has 0 aliphatic rings. The number of hydrogen-bond acceptors (Lipinski definition) is 3. The maximum Gasteiger partial charge on any atom is 0.123 e. The van der Waals surface area contributed by atoms with Gasteiger partial charge >= 0.3 is 0 Å². The fourth-order valence-corrected chi connectivity index (χ4v) is 1.62. The smallest absolute Gasteiger partial charge is 0.123 e. The van der Waals surface area contributed by atoms with Gasteiger partial charge in [0.15, 0.2) is 0 Å². The molecule has 16 heavy (non-hydrogen) atoms. The Morgan fingerprint density at radius 2 is 1.75 bits per heavy atom. The molecular weight excluding hydrogens is 202 g/mol. The van der Waals surface area contributed by atoms with Crippen molar-refractivity contribution in [1.82, 2.24) is 0 Å². The number of hydrogen-bond donors (Lipinski definition) is 1. The summed E-state index contributed by atoms with van der Waals surface area (Å²) >= 11 is 0. The third kappa shape index (κ3) is 2.68. The van der Waals surface area contributed by atoms with Gasteiger partial charge in [0.2, 0.25) is 0 Å². The van der Waals surface area contributed by atoms with E-state index < -0.39 is 0 Å². The Morgan fingerprint density at radius 1 is 1.19 bits per heavy atom. The first-order valence-corrected chi connectivity index (χ1v) is 5.14. The van der Waals surface area contributed by atoms with Crippen molar-refractivity contribution in [2.75, 3.05) is 20.8 Å². The summed E-state index contributed by atoms with van der Waals surface area (Å²) in [4.78, 5) is 0. The van der Waals surface area contributed by atoms with Crippen molar-refractivity contribution in [3.63, 3.8) is 0 Å². The van der Waals surface area contributed by atoms with Gasteiger partial charge in [-0.05, 0) is 30.7 Å². The Kier molecular flexibility index (Phi) is 4.68. The highest BCUT2D eigenvalue weighted by molar-refractivity contribution is 5.47. The zero-order chi connectivity index (χ0) is 12.0. The van der Waals surface area contributed by atoms with Crippen LogP contribution in [0.1, 0.15) is 11.1 Å². The van der Waals surface area contributed by atoms with Crippen LogP contribution in [0.2, 0.25) is 0 Å². The van der Waals surface area contributed by atoms with Gasteiger partial charge in [-0.25, -0.2) is 0 Å². The lowest BCUT2D eigenvalue weighted by atomic mass is 10.0. The van der Waals surface area contributed by atoms with E-state index in [9.17, 15) is 0 Å². The molecule has 0 saturated heterocycles. The first-order chi connectivity index (χ1) is 7.76. The first-order valence-electron chi connectivity index (χ1n) is 5.14. The molecule has 86 valence electrons. The van der Waals surface area contributed by atoms with Crippen LogP contribution in [0.25, 0.3) is 0 Å². The van der Waals surface area contributed by atoms with E-state index in [-0.39, 0.29) is 0 Å². The van der Waals surface area contributed by atoms with Crippen molar-refractivity contribution < 1.29 is 9.47 Å². The standard InChI is InChI=1S/C13H17NO2/c1-4-5-10-8-13(16-3)11(6-7-14)9-12(10)15-2/h1,8-9H,5-7,14H2,2-3H3. The highest BCUT2D eigenvalue weighted by Gasteiger charge is 2.09. The lowest BCUT2D eigenvalue weighted by Gasteiger charge is -2.13. The van der Waals surface area contributed by atoms with Crippen molar-refractivity contribution in [3.8, 4) is 23.8 Å². The number of nitrogens with two attached hydrogens (primary N) is 1. The highest BCUT2D eigenvalue weighted by atomic mass is 16.5. The molecule has 0 radical (unpaired) electrons. The molecule has 0 aliphatic carbocycles. The third-order valence-electron chi connectivity index (χ3n) is 2.39. The summed E-state index contributed by atoms with van der Waals surface area (Å²) in [5.41, 5.74) is 7.55. The van der Waals surface area contributed by atoms with Crippen LogP contribution in [-0.2, 0) is 12.8 Å². The summed E-state index contributed by atoms with van der Waals surface area (Å²) in [6.45, 7) is 0.577. The molecule has 1 rings (SSSR count). The Labute approximate surface area is 96.6 Å². The fraction of sp³-hybridized carbons (Fsp3) is 0.385. The summed E-state index contributed by atoms with van der Waals surface area (Å²) in [6, 6.07) is 3.86. The van der Waals surface area contributed by atoms with Gasteiger partial charge in [0, 0.05) is 12.0 Å². The molecule has 0 aromatic heterocycles. The van der Waals surface area contributed by atoms with Crippen molar-refractivity contribution in [3.05, 3.63) is 23.3 Å². The van der Waals surface area contributed by atoms with Crippen LogP contribution in [0.5, 0.6) is 11.5 Å². The van der Waals surface area contributed by atoms with Gasteiger partial charge in [-0.15, -0.1) is 12.3 Å². The Morgan fingerprint density at radius 3 is 2.25 bits per heavy atom. The summed E-state index contributed by atoms with van der Waals surface area (Å²) < 4.78 is 10.6. The largest absolute Gasteiger partial charge is 0.496 e.